The van der Waals surface area contributed by atoms with E-state index < -0.39 is 0 Å². The normalized spacial score (nSPS) is 12.7. The van der Waals surface area contributed by atoms with Gasteiger partial charge in [0.1, 0.15) is 5.75 Å². The summed E-state index contributed by atoms with van der Waals surface area (Å²) < 4.78 is 11.1. The molecule has 0 radical (unpaired) electrons. The summed E-state index contributed by atoms with van der Waals surface area (Å²) >= 11 is 0. The first-order valence-electron chi connectivity index (χ1n) is 6.51. The average Bonchev–Trinajstić information content (AvgIpc) is 2.38. The third-order valence-electron chi connectivity index (χ3n) is 2.65. The molecule has 1 N–H and O–H groups in total. The van der Waals surface area contributed by atoms with Crippen molar-refractivity contribution in [3.05, 3.63) is 24.0 Å². The molecule has 0 spiro atoms. The molecule has 0 aliphatic rings. The lowest BCUT2D eigenvalue weighted by molar-refractivity contribution is 0.0606. The van der Waals surface area contributed by atoms with Crippen molar-refractivity contribution in [3.8, 4) is 5.75 Å². The Hall–Kier alpha value is -1.13. The molecular formula is C14H24N2O2. The van der Waals surface area contributed by atoms with Crippen LogP contribution in [0.5, 0.6) is 5.75 Å². The minimum atomic E-state index is 0.144. The minimum absolute atomic E-state index is 0.144. The summed E-state index contributed by atoms with van der Waals surface area (Å²) in [5, 5.41) is 3.48. The van der Waals surface area contributed by atoms with E-state index >= 15 is 0 Å². The molecule has 0 aliphatic heterocycles. The van der Waals surface area contributed by atoms with Crippen LogP contribution in [0.2, 0.25) is 0 Å². The fourth-order valence-electron chi connectivity index (χ4n) is 1.72. The molecule has 0 aromatic carbocycles. The van der Waals surface area contributed by atoms with E-state index in [1.54, 1.807) is 19.5 Å². The van der Waals surface area contributed by atoms with Gasteiger partial charge in [-0.1, -0.05) is 6.92 Å². The van der Waals surface area contributed by atoms with Crippen molar-refractivity contribution < 1.29 is 9.47 Å². The Kier molecular flexibility index (Phi) is 6.68. The van der Waals surface area contributed by atoms with Gasteiger partial charge in [-0.3, -0.25) is 4.98 Å². The number of nitrogens with zero attached hydrogens (tertiary/aromatic N) is 1. The van der Waals surface area contributed by atoms with E-state index in [0.717, 1.165) is 24.3 Å². The third kappa shape index (κ3) is 4.63. The Labute approximate surface area is 110 Å². The smallest absolute Gasteiger partial charge is 0.142 e. The fourth-order valence-corrected chi connectivity index (χ4v) is 1.72. The summed E-state index contributed by atoms with van der Waals surface area (Å²) in [6.45, 7) is 7.83. The van der Waals surface area contributed by atoms with Crippen molar-refractivity contribution in [2.45, 2.75) is 39.3 Å². The Bertz CT molecular complexity index is 342. The number of aromatic nitrogens is 1. The zero-order chi connectivity index (χ0) is 13.4. The molecule has 1 atom stereocenters. The number of ether oxygens (including phenoxy) is 2. The van der Waals surface area contributed by atoms with Crippen LogP contribution >= 0.6 is 0 Å². The Morgan fingerprint density at radius 3 is 2.78 bits per heavy atom. The van der Waals surface area contributed by atoms with E-state index in [1.165, 1.54) is 0 Å². The number of nitrogens with one attached hydrogen (secondary N) is 1. The van der Waals surface area contributed by atoms with Crippen molar-refractivity contribution in [2.24, 2.45) is 0 Å². The van der Waals surface area contributed by atoms with Crippen LogP contribution in [0.25, 0.3) is 0 Å². The second-order valence-corrected chi connectivity index (χ2v) is 4.51. The van der Waals surface area contributed by atoms with E-state index in [4.69, 9.17) is 9.47 Å². The fraction of sp³-hybridized carbons (Fsp3) is 0.643. The van der Waals surface area contributed by atoms with Crippen molar-refractivity contribution in [1.82, 2.24) is 10.3 Å². The molecule has 0 saturated carbocycles. The van der Waals surface area contributed by atoms with E-state index in [1.807, 2.05) is 19.9 Å². The number of rotatable bonds is 8. The van der Waals surface area contributed by atoms with Gasteiger partial charge in [0.2, 0.25) is 0 Å². The van der Waals surface area contributed by atoms with Gasteiger partial charge in [0.05, 0.1) is 32.1 Å². The zero-order valence-electron chi connectivity index (χ0n) is 11.8. The molecule has 1 unspecified atom stereocenters. The van der Waals surface area contributed by atoms with Crippen LogP contribution in [0.15, 0.2) is 18.5 Å². The van der Waals surface area contributed by atoms with Crippen LogP contribution in [0.4, 0.5) is 0 Å². The maximum absolute atomic E-state index is 5.72. The molecule has 102 valence electrons. The largest absolute Gasteiger partial charge is 0.495 e. The SMILES string of the molecule is CCCNC(COC(C)C)c1ccncc1OC. The van der Waals surface area contributed by atoms with Gasteiger partial charge >= 0.3 is 0 Å². The number of hydrogen-bond donors (Lipinski definition) is 1. The molecule has 1 aromatic heterocycles. The Balaban J connectivity index is 2.79. The van der Waals surface area contributed by atoms with Crippen molar-refractivity contribution in [1.29, 1.82) is 0 Å². The van der Waals surface area contributed by atoms with Gasteiger partial charge in [-0.15, -0.1) is 0 Å². The van der Waals surface area contributed by atoms with Gasteiger partial charge in [-0.2, -0.15) is 0 Å². The van der Waals surface area contributed by atoms with Crippen LogP contribution in [0.3, 0.4) is 0 Å². The standard InChI is InChI=1S/C14H24N2O2/c1-5-7-16-13(10-18-11(2)3)12-6-8-15-9-14(12)17-4/h6,8-9,11,13,16H,5,7,10H2,1-4H3. The first-order valence-corrected chi connectivity index (χ1v) is 6.51. The summed E-state index contributed by atoms with van der Waals surface area (Å²) in [4.78, 5) is 4.08. The summed E-state index contributed by atoms with van der Waals surface area (Å²) in [6, 6.07) is 2.13. The van der Waals surface area contributed by atoms with Crippen LogP contribution < -0.4 is 10.1 Å². The molecule has 0 aliphatic carbocycles. The maximum atomic E-state index is 5.72. The molecule has 18 heavy (non-hydrogen) atoms. The van der Waals surface area contributed by atoms with Crippen LogP contribution in [0, 0.1) is 0 Å². The lowest BCUT2D eigenvalue weighted by Crippen LogP contribution is -2.28. The highest BCUT2D eigenvalue weighted by molar-refractivity contribution is 5.32. The number of methoxy groups -OCH3 is 1. The van der Waals surface area contributed by atoms with Crippen LogP contribution in [-0.4, -0.2) is 31.3 Å². The lowest BCUT2D eigenvalue weighted by atomic mass is 10.1. The summed E-state index contributed by atoms with van der Waals surface area (Å²) in [5.41, 5.74) is 1.10. The van der Waals surface area contributed by atoms with Gasteiger partial charge < -0.3 is 14.8 Å². The number of pyridine rings is 1. The topological polar surface area (TPSA) is 43.4 Å². The molecular weight excluding hydrogens is 228 g/mol. The molecule has 0 bridgehead atoms. The molecule has 1 heterocycles. The maximum Gasteiger partial charge on any atom is 0.142 e. The lowest BCUT2D eigenvalue weighted by Gasteiger charge is -2.22. The molecule has 1 rings (SSSR count). The second-order valence-electron chi connectivity index (χ2n) is 4.51. The average molecular weight is 252 g/mol. The van der Waals surface area contributed by atoms with E-state index in [9.17, 15) is 0 Å². The first kappa shape index (κ1) is 14.9. The predicted molar refractivity (Wildman–Crippen MR) is 72.9 cm³/mol. The Morgan fingerprint density at radius 2 is 2.17 bits per heavy atom. The summed E-state index contributed by atoms with van der Waals surface area (Å²) in [7, 11) is 1.67. The monoisotopic (exact) mass is 252 g/mol. The summed E-state index contributed by atoms with van der Waals surface area (Å²) in [6.07, 6.45) is 4.84. The van der Waals surface area contributed by atoms with Crippen LogP contribution in [0.1, 0.15) is 38.8 Å². The van der Waals surface area contributed by atoms with Crippen LogP contribution in [-0.2, 0) is 4.74 Å². The van der Waals surface area contributed by atoms with E-state index in [-0.39, 0.29) is 12.1 Å². The molecule has 4 nitrogen and oxygen atoms in total. The molecule has 4 heteroatoms. The molecule has 0 fully saturated rings. The van der Waals surface area contributed by atoms with Gasteiger partial charge in [-0.25, -0.2) is 0 Å². The molecule has 0 amide bonds. The van der Waals surface area contributed by atoms with E-state index in [2.05, 4.69) is 17.2 Å². The van der Waals surface area contributed by atoms with E-state index in [0.29, 0.717) is 6.61 Å². The van der Waals surface area contributed by atoms with Gasteiger partial charge in [0, 0.05) is 11.8 Å². The number of hydrogen-bond acceptors (Lipinski definition) is 4. The highest BCUT2D eigenvalue weighted by Gasteiger charge is 2.16. The molecule has 0 saturated heterocycles. The highest BCUT2D eigenvalue weighted by atomic mass is 16.5. The minimum Gasteiger partial charge on any atom is -0.495 e. The third-order valence-corrected chi connectivity index (χ3v) is 2.65. The van der Waals surface area contributed by atoms with Gasteiger partial charge in [0.25, 0.3) is 0 Å². The quantitative estimate of drug-likeness (QED) is 0.772. The van der Waals surface area contributed by atoms with Crippen molar-refractivity contribution in [2.75, 3.05) is 20.3 Å². The predicted octanol–water partition coefficient (Wildman–Crippen LogP) is 2.56. The first-order chi connectivity index (χ1) is 8.69. The van der Waals surface area contributed by atoms with Gasteiger partial charge in [0.15, 0.2) is 0 Å². The van der Waals surface area contributed by atoms with Crippen molar-refractivity contribution in [3.63, 3.8) is 0 Å². The van der Waals surface area contributed by atoms with Crippen molar-refractivity contribution >= 4 is 0 Å². The molecule has 1 aromatic rings. The zero-order valence-corrected chi connectivity index (χ0v) is 11.8. The van der Waals surface area contributed by atoms with Gasteiger partial charge in [-0.05, 0) is 32.9 Å². The Morgan fingerprint density at radius 1 is 1.39 bits per heavy atom. The summed E-state index contributed by atoms with van der Waals surface area (Å²) in [5.74, 6) is 0.804. The highest BCUT2D eigenvalue weighted by Crippen LogP contribution is 2.24. The second kappa shape index (κ2) is 8.06.